The van der Waals surface area contributed by atoms with Gasteiger partial charge >= 0.3 is 0 Å². The molecule has 2 aliphatic heterocycles. The van der Waals surface area contributed by atoms with Crippen molar-refractivity contribution in [2.24, 2.45) is 5.73 Å². The van der Waals surface area contributed by atoms with Crippen molar-refractivity contribution in [1.82, 2.24) is 9.80 Å². The maximum absolute atomic E-state index is 12.4. The number of nitrogens with two attached hydrogens (primary N) is 1. The van der Waals surface area contributed by atoms with E-state index in [1.54, 1.807) is 4.90 Å². The molecule has 0 saturated carbocycles. The highest BCUT2D eigenvalue weighted by molar-refractivity contribution is 5.90. The molecule has 0 aromatic heterocycles. The highest BCUT2D eigenvalue weighted by Crippen LogP contribution is 2.22. The van der Waals surface area contributed by atoms with E-state index in [9.17, 15) is 9.59 Å². The summed E-state index contributed by atoms with van der Waals surface area (Å²) in [6, 6.07) is -0.717. The standard InChI is InChI=1S/C13H23N3O2/c1-2-10(14)12(17)16-9-5-6-11(16)13(18)15-7-3-4-8-15/h10-11H,2-9,14H2,1H3/t10?,11-/m0/s1. The van der Waals surface area contributed by atoms with Crippen LogP contribution in [-0.4, -0.2) is 53.3 Å². The Morgan fingerprint density at radius 3 is 2.50 bits per heavy atom. The van der Waals surface area contributed by atoms with Gasteiger partial charge in [-0.1, -0.05) is 6.92 Å². The second-order valence-corrected chi connectivity index (χ2v) is 5.24. The van der Waals surface area contributed by atoms with Crippen molar-refractivity contribution in [2.45, 2.75) is 51.1 Å². The first-order valence-electron chi connectivity index (χ1n) is 7.00. The molecule has 2 heterocycles. The van der Waals surface area contributed by atoms with Crippen LogP contribution in [0.2, 0.25) is 0 Å². The molecule has 2 rings (SSSR count). The topological polar surface area (TPSA) is 66.6 Å². The summed E-state index contributed by atoms with van der Waals surface area (Å²) in [6.45, 7) is 4.26. The summed E-state index contributed by atoms with van der Waals surface area (Å²) in [7, 11) is 0. The fourth-order valence-corrected chi connectivity index (χ4v) is 2.82. The lowest BCUT2D eigenvalue weighted by molar-refractivity contribution is -0.143. The van der Waals surface area contributed by atoms with Crippen LogP contribution in [0.3, 0.4) is 0 Å². The van der Waals surface area contributed by atoms with E-state index < -0.39 is 6.04 Å². The number of carbonyl (C=O) groups excluding carboxylic acids is 2. The normalized spacial score (nSPS) is 25.6. The van der Waals surface area contributed by atoms with Crippen molar-refractivity contribution in [1.29, 1.82) is 0 Å². The van der Waals surface area contributed by atoms with Gasteiger partial charge in [0.15, 0.2) is 0 Å². The van der Waals surface area contributed by atoms with Crippen LogP contribution in [0.1, 0.15) is 39.0 Å². The molecular weight excluding hydrogens is 230 g/mol. The molecule has 0 spiro atoms. The zero-order chi connectivity index (χ0) is 13.1. The smallest absolute Gasteiger partial charge is 0.245 e. The molecule has 2 aliphatic rings. The number of hydrogen-bond acceptors (Lipinski definition) is 3. The van der Waals surface area contributed by atoms with Crippen LogP contribution in [0.15, 0.2) is 0 Å². The van der Waals surface area contributed by atoms with Gasteiger partial charge in [-0.15, -0.1) is 0 Å². The Morgan fingerprint density at radius 1 is 1.22 bits per heavy atom. The Kier molecular flexibility index (Phi) is 4.22. The predicted octanol–water partition coefficient (Wildman–Crippen LogP) is 0.337. The summed E-state index contributed by atoms with van der Waals surface area (Å²) in [5.41, 5.74) is 5.80. The van der Waals surface area contributed by atoms with Crippen LogP contribution < -0.4 is 5.73 Å². The first kappa shape index (κ1) is 13.3. The van der Waals surface area contributed by atoms with Crippen LogP contribution in [0.25, 0.3) is 0 Å². The summed E-state index contributed by atoms with van der Waals surface area (Å²) >= 11 is 0. The highest BCUT2D eigenvalue weighted by Gasteiger charge is 2.38. The molecule has 5 nitrogen and oxygen atoms in total. The van der Waals surface area contributed by atoms with Gasteiger partial charge in [0, 0.05) is 19.6 Å². The summed E-state index contributed by atoms with van der Waals surface area (Å²) in [4.78, 5) is 28.1. The van der Waals surface area contributed by atoms with E-state index in [0.29, 0.717) is 13.0 Å². The molecule has 0 radical (unpaired) electrons. The number of nitrogens with zero attached hydrogens (tertiary/aromatic N) is 2. The first-order chi connectivity index (χ1) is 8.65. The molecule has 0 bridgehead atoms. The third-order valence-electron chi connectivity index (χ3n) is 4.00. The van der Waals surface area contributed by atoms with Crippen molar-refractivity contribution < 1.29 is 9.59 Å². The van der Waals surface area contributed by atoms with E-state index in [4.69, 9.17) is 5.73 Å². The van der Waals surface area contributed by atoms with Crippen molar-refractivity contribution in [2.75, 3.05) is 19.6 Å². The van der Waals surface area contributed by atoms with Gasteiger partial charge in [-0.05, 0) is 32.1 Å². The third-order valence-corrected chi connectivity index (χ3v) is 4.00. The fourth-order valence-electron chi connectivity index (χ4n) is 2.82. The van der Waals surface area contributed by atoms with Gasteiger partial charge in [0.05, 0.1) is 6.04 Å². The Bertz CT molecular complexity index is 326. The number of amides is 2. The Labute approximate surface area is 108 Å². The zero-order valence-electron chi connectivity index (χ0n) is 11.1. The van der Waals surface area contributed by atoms with Gasteiger partial charge in [0.2, 0.25) is 11.8 Å². The summed E-state index contributed by atoms with van der Waals surface area (Å²) < 4.78 is 0. The van der Waals surface area contributed by atoms with Crippen molar-refractivity contribution in [3.63, 3.8) is 0 Å². The fraction of sp³-hybridized carbons (Fsp3) is 0.846. The minimum absolute atomic E-state index is 0.0625. The SMILES string of the molecule is CCC(N)C(=O)N1CCC[C@H]1C(=O)N1CCCC1. The molecule has 0 aromatic rings. The van der Waals surface area contributed by atoms with Gasteiger partial charge in [-0.25, -0.2) is 0 Å². The summed E-state index contributed by atoms with van der Waals surface area (Å²) in [5.74, 6) is 0.0641. The van der Waals surface area contributed by atoms with Gasteiger partial charge in [-0.2, -0.15) is 0 Å². The van der Waals surface area contributed by atoms with E-state index in [1.165, 1.54) is 0 Å². The van der Waals surface area contributed by atoms with Gasteiger partial charge in [-0.3, -0.25) is 9.59 Å². The molecule has 2 N–H and O–H groups in total. The summed E-state index contributed by atoms with van der Waals surface area (Å²) in [5, 5.41) is 0. The molecule has 102 valence electrons. The van der Waals surface area contributed by atoms with E-state index in [2.05, 4.69) is 0 Å². The molecule has 2 saturated heterocycles. The van der Waals surface area contributed by atoms with Crippen molar-refractivity contribution in [3.05, 3.63) is 0 Å². The first-order valence-corrected chi connectivity index (χ1v) is 7.00. The molecule has 0 aliphatic carbocycles. The Balaban J connectivity index is 2.02. The van der Waals surface area contributed by atoms with E-state index in [0.717, 1.165) is 38.8 Å². The van der Waals surface area contributed by atoms with Crippen LogP contribution in [0.5, 0.6) is 0 Å². The quantitative estimate of drug-likeness (QED) is 0.788. The number of carbonyl (C=O) groups is 2. The Morgan fingerprint density at radius 2 is 1.89 bits per heavy atom. The van der Waals surface area contributed by atoms with Gasteiger partial charge < -0.3 is 15.5 Å². The average molecular weight is 253 g/mol. The maximum atomic E-state index is 12.4. The van der Waals surface area contributed by atoms with E-state index >= 15 is 0 Å². The molecule has 2 fully saturated rings. The molecule has 5 heteroatoms. The number of rotatable bonds is 3. The van der Waals surface area contributed by atoms with Crippen LogP contribution in [0, 0.1) is 0 Å². The number of likely N-dealkylation sites (tertiary alicyclic amines) is 2. The van der Waals surface area contributed by atoms with Gasteiger partial charge in [0.25, 0.3) is 0 Å². The lowest BCUT2D eigenvalue weighted by Crippen LogP contribution is -2.51. The lowest BCUT2D eigenvalue weighted by Gasteiger charge is -2.29. The lowest BCUT2D eigenvalue weighted by atomic mass is 10.1. The Hall–Kier alpha value is -1.10. The molecular formula is C13H23N3O2. The van der Waals surface area contributed by atoms with Crippen molar-refractivity contribution in [3.8, 4) is 0 Å². The molecule has 2 atom stereocenters. The van der Waals surface area contributed by atoms with E-state index in [1.807, 2.05) is 11.8 Å². The second kappa shape index (κ2) is 5.69. The van der Waals surface area contributed by atoms with Crippen LogP contribution in [-0.2, 0) is 9.59 Å². The van der Waals surface area contributed by atoms with Gasteiger partial charge in [0.1, 0.15) is 6.04 Å². The third kappa shape index (κ3) is 2.51. The minimum Gasteiger partial charge on any atom is -0.341 e. The summed E-state index contributed by atoms with van der Waals surface area (Å²) in [6.07, 6.45) is 4.49. The maximum Gasteiger partial charge on any atom is 0.245 e. The van der Waals surface area contributed by atoms with Crippen molar-refractivity contribution >= 4 is 11.8 Å². The molecule has 0 aromatic carbocycles. The molecule has 2 amide bonds. The average Bonchev–Trinajstić information content (AvgIpc) is 3.06. The molecule has 1 unspecified atom stereocenters. The number of hydrogen-bond donors (Lipinski definition) is 1. The zero-order valence-corrected chi connectivity index (χ0v) is 11.1. The monoisotopic (exact) mass is 253 g/mol. The van der Waals surface area contributed by atoms with E-state index in [-0.39, 0.29) is 17.9 Å². The predicted molar refractivity (Wildman–Crippen MR) is 68.8 cm³/mol. The highest BCUT2D eigenvalue weighted by atomic mass is 16.2. The second-order valence-electron chi connectivity index (χ2n) is 5.24. The van der Waals surface area contributed by atoms with Crippen LogP contribution in [0.4, 0.5) is 0 Å². The minimum atomic E-state index is -0.461. The van der Waals surface area contributed by atoms with Crippen LogP contribution >= 0.6 is 0 Å². The molecule has 18 heavy (non-hydrogen) atoms. The largest absolute Gasteiger partial charge is 0.341 e.